The van der Waals surface area contributed by atoms with Gasteiger partial charge in [0.15, 0.2) is 5.79 Å². The second kappa shape index (κ2) is 16.2. The molecule has 0 aliphatic carbocycles. The maximum absolute atomic E-state index is 13.4. The van der Waals surface area contributed by atoms with E-state index in [1.807, 2.05) is 30.3 Å². The number of hydrogen-bond acceptors (Lipinski definition) is 9. The highest BCUT2D eigenvalue weighted by atomic mass is 16.7. The number of amides is 3. The van der Waals surface area contributed by atoms with Gasteiger partial charge in [0.25, 0.3) is 0 Å². The molecule has 0 aromatic heterocycles. The zero-order chi connectivity index (χ0) is 30.5. The SMILES string of the molecule is CCOC(=O)C[C@H](NC(=O)[C@H](CCCCNC(=O)OC(C)(C)C)NC(=O)OCc1ccccc1)[C@@H]1COC(C)(C)O1. The second-order valence-corrected chi connectivity index (χ2v) is 11.2. The number of esters is 1. The Labute approximate surface area is 242 Å². The van der Waals surface area contributed by atoms with Crippen LogP contribution in [-0.2, 0) is 39.9 Å². The van der Waals surface area contributed by atoms with Gasteiger partial charge in [0.2, 0.25) is 5.91 Å². The van der Waals surface area contributed by atoms with E-state index in [2.05, 4.69) is 16.0 Å². The van der Waals surface area contributed by atoms with E-state index in [0.717, 1.165) is 5.56 Å². The molecule has 2 rings (SSSR count). The van der Waals surface area contributed by atoms with Gasteiger partial charge in [0.05, 0.1) is 25.7 Å². The Morgan fingerprint density at radius 1 is 1.02 bits per heavy atom. The van der Waals surface area contributed by atoms with E-state index in [1.165, 1.54) is 0 Å². The molecular formula is C29H45N3O9. The minimum Gasteiger partial charge on any atom is -0.466 e. The lowest BCUT2D eigenvalue weighted by atomic mass is 10.0. The summed E-state index contributed by atoms with van der Waals surface area (Å²) in [6, 6.07) is 7.44. The van der Waals surface area contributed by atoms with Crippen molar-refractivity contribution in [1.29, 1.82) is 0 Å². The molecule has 1 aromatic carbocycles. The Morgan fingerprint density at radius 3 is 2.34 bits per heavy atom. The van der Waals surface area contributed by atoms with E-state index in [1.54, 1.807) is 41.5 Å². The second-order valence-electron chi connectivity index (χ2n) is 11.2. The standard InChI is InChI=1S/C29H45N3O9/c1-7-37-24(33)17-22(23-19-39-29(5,6)40-23)31-25(34)21(15-11-12-16-30-26(35)41-28(2,3)4)32-27(36)38-18-20-13-9-8-10-14-20/h8-10,13-14,21-23H,7,11-12,15-19H2,1-6H3,(H,30,35)(H,31,34)(H,32,36)/t21-,22-,23-/m0/s1. The first kappa shape index (κ1) is 33.8. The van der Waals surface area contributed by atoms with Gasteiger partial charge in [-0.1, -0.05) is 30.3 Å². The molecule has 1 aliphatic heterocycles. The summed E-state index contributed by atoms with van der Waals surface area (Å²) in [5.74, 6) is -1.88. The van der Waals surface area contributed by atoms with E-state index in [0.29, 0.717) is 19.4 Å². The minimum atomic E-state index is -0.972. The summed E-state index contributed by atoms with van der Waals surface area (Å²) in [4.78, 5) is 50.3. The van der Waals surface area contributed by atoms with E-state index in [-0.39, 0.29) is 32.7 Å². The van der Waals surface area contributed by atoms with E-state index in [4.69, 9.17) is 23.7 Å². The molecular weight excluding hydrogens is 534 g/mol. The number of ether oxygens (including phenoxy) is 5. The summed E-state index contributed by atoms with van der Waals surface area (Å²) in [7, 11) is 0. The molecule has 1 heterocycles. The molecule has 12 nitrogen and oxygen atoms in total. The number of carbonyl (C=O) groups is 4. The topological polar surface area (TPSA) is 151 Å². The summed E-state index contributed by atoms with van der Waals surface area (Å²) >= 11 is 0. The van der Waals surface area contributed by atoms with Crippen LogP contribution in [0.5, 0.6) is 0 Å². The fourth-order valence-corrected chi connectivity index (χ4v) is 4.03. The molecule has 1 aromatic rings. The van der Waals surface area contributed by atoms with Gasteiger partial charge in [-0.2, -0.15) is 0 Å². The normalized spacial score (nSPS) is 17.6. The monoisotopic (exact) mass is 579 g/mol. The van der Waals surface area contributed by atoms with Crippen LogP contribution in [0.3, 0.4) is 0 Å². The van der Waals surface area contributed by atoms with Crippen molar-refractivity contribution < 1.29 is 42.9 Å². The molecule has 1 saturated heterocycles. The minimum absolute atomic E-state index is 0.0363. The molecule has 1 fully saturated rings. The maximum atomic E-state index is 13.4. The average Bonchev–Trinajstić information content (AvgIpc) is 3.25. The van der Waals surface area contributed by atoms with Gasteiger partial charge in [-0.25, -0.2) is 9.59 Å². The summed E-state index contributed by atoms with van der Waals surface area (Å²) in [6.07, 6.45) is -0.740. The van der Waals surface area contributed by atoms with Crippen LogP contribution >= 0.6 is 0 Å². The molecule has 41 heavy (non-hydrogen) atoms. The third-order valence-corrected chi connectivity index (χ3v) is 5.91. The molecule has 3 atom stereocenters. The largest absolute Gasteiger partial charge is 0.466 e. The Bertz CT molecular complexity index is 995. The first-order chi connectivity index (χ1) is 19.3. The highest BCUT2D eigenvalue weighted by Gasteiger charge is 2.40. The number of alkyl carbamates (subject to hydrolysis) is 2. The van der Waals surface area contributed by atoms with Crippen molar-refractivity contribution in [2.24, 2.45) is 0 Å². The van der Waals surface area contributed by atoms with Crippen molar-refractivity contribution in [2.45, 2.75) is 103 Å². The number of unbranched alkanes of at least 4 members (excludes halogenated alkanes) is 1. The van der Waals surface area contributed by atoms with Crippen molar-refractivity contribution in [3.8, 4) is 0 Å². The first-order valence-electron chi connectivity index (χ1n) is 14.0. The van der Waals surface area contributed by atoms with Crippen LogP contribution in [0.2, 0.25) is 0 Å². The van der Waals surface area contributed by atoms with Gasteiger partial charge in [-0.05, 0) is 66.4 Å². The number of nitrogens with one attached hydrogen (secondary N) is 3. The molecule has 230 valence electrons. The van der Waals surface area contributed by atoms with Gasteiger partial charge in [0.1, 0.15) is 24.4 Å². The van der Waals surface area contributed by atoms with Crippen LogP contribution in [-0.4, -0.2) is 73.4 Å². The Balaban J connectivity index is 2.03. The highest BCUT2D eigenvalue weighted by molar-refractivity contribution is 5.86. The zero-order valence-electron chi connectivity index (χ0n) is 24.9. The molecule has 1 aliphatic rings. The predicted octanol–water partition coefficient (Wildman–Crippen LogP) is 3.57. The Kier molecular flexibility index (Phi) is 13.3. The molecule has 3 N–H and O–H groups in total. The lowest BCUT2D eigenvalue weighted by Crippen LogP contribution is -2.54. The van der Waals surface area contributed by atoms with Crippen LogP contribution in [0, 0.1) is 0 Å². The van der Waals surface area contributed by atoms with Gasteiger partial charge in [0, 0.05) is 6.54 Å². The van der Waals surface area contributed by atoms with Gasteiger partial charge < -0.3 is 39.6 Å². The number of hydrogen-bond donors (Lipinski definition) is 3. The van der Waals surface area contributed by atoms with E-state index < -0.39 is 53.6 Å². The van der Waals surface area contributed by atoms with Crippen molar-refractivity contribution in [3.63, 3.8) is 0 Å². The van der Waals surface area contributed by atoms with E-state index in [9.17, 15) is 19.2 Å². The third kappa shape index (κ3) is 13.7. The molecule has 0 spiro atoms. The van der Waals surface area contributed by atoms with E-state index >= 15 is 0 Å². The van der Waals surface area contributed by atoms with Gasteiger partial charge in [-0.3, -0.25) is 9.59 Å². The first-order valence-corrected chi connectivity index (χ1v) is 14.0. The van der Waals surface area contributed by atoms with Crippen molar-refractivity contribution in [1.82, 2.24) is 16.0 Å². The molecule has 0 unspecified atom stereocenters. The van der Waals surface area contributed by atoms with Crippen LogP contribution in [0.15, 0.2) is 30.3 Å². The summed E-state index contributed by atoms with van der Waals surface area (Å²) in [5.41, 5.74) is 0.188. The third-order valence-electron chi connectivity index (χ3n) is 5.91. The summed E-state index contributed by atoms with van der Waals surface area (Å²) in [5, 5.41) is 8.16. The number of carbonyl (C=O) groups excluding carboxylic acids is 4. The lowest BCUT2D eigenvalue weighted by Gasteiger charge is -2.27. The van der Waals surface area contributed by atoms with Crippen molar-refractivity contribution in [2.75, 3.05) is 19.8 Å². The Hall–Kier alpha value is -3.38. The van der Waals surface area contributed by atoms with Crippen LogP contribution in [0.1, 0.15) is 72.8 Å². The number of benzene rings is 1. The zero-order valence-corrected chi connectivity index (χ0v) is 24.9. The molecule has 0 radical (unpaired) electrons. The van der Waals surface area contributed by atoms with Crippen molar-refractivity contribution >= 4 is 24.1 Å². The van der Waals surface area contributed by atoms with Crippen LogP contribution in [0.4, 0.5) is 9.59 Å². The fourth-order valence-electron chi connectivity index (χ4n) is 4.03. The molecule has 3 amide bonds. The number of rotatable bonds is 14. The Morgan fingerprint density at radius 2 is 1.73 bits per heavy atom. The van der Waals surface area contributed by atoms with Gasteiger partial charge in [-0.15, -0.1) is 0 Å². The van der Waals surface area contributed by atoms with Crippen LogP contribution < -0.4 is 16.0 Å². The predicted molar refractivity (Wildman–Crippen MR) is 150 cm³/mol. The maximum Gasteiger partial charge on any atom is 0.408 e. The van der Waals surface area contributed by atoms with Gasteiger partial charge >= 0.3 is 18.2 Å². The summed E-state index contributed by atoms with van der Waals surface area (Å²) < 4.78 is 27.2. The van der Waals surface area contributed by atoms with Crippen LogP contribution in [0.25, 0.3) is 0 Å². The summed E-state index contributed by atoms with van der Waals surface area (Å²) in [6.45, 7) is 11.2. The average molecular weight is 580 g/mol. The quantitative estimate of drug-likeness (QED) is 0.171. The fraction of sp³-hybridized carbons (Fsp3) is 0.655. The van der Waals surface area contributed by atoms with Crippen molar-refractivity contribution in [3.05, 3.63) is 35.9 Å². The molecule has 12 heteroatoms. The highest BCUT2D eigenvalue weighted by Crippen LogP contribution is 2.25. The molecule has 0 saturated carbocycles. The lowest BCUT2D eigenvalue weighted by molar-refractivity contribution is -0.152. The molecule has 0 bridgehead atoms. The smallest absolute Gasteiger partial charge is 0.408 e.